The largest absolute Gasteiger partial charge is 0.311 e. The molecule has 0 saturated carbocycles. The van der Waals surface area contributed by atoms with Gasteiger partial charge in [-0.3, -0.25) is 0 Å². The van der Waals surface area contributed by atoms with Crippen LogP contribution >= 0.6 is 0 Å². The molecule has 0 aromatic heterocycles. The molecule has 0 radical (unpaired) electrons. The van der Waals surface area contributed by atoms with Crippen LogP contribution in [0.2, 0.25) is 13.1 Å². The number of fused-ring (bicyclic) bond motifs is 9. The maximum absolute atomic E-state index is 2.54. The van der Waals surface area contributed by atoms with Crippen molar-refractivity contribution < 1.29 is 0 Å². The predicted octanol–water partition coefficient (Wildman–Crippen LogP) is 15.2. The zero-order chi connectivity index (χ0) is 40.7. The highest BCUT2D eigenvalue weighted by molar-refractivity contribution is 7.03. The molecule has 0 N–H and O–H groups in total. The van der Waals surface area contributed by atoms with Crippen LogP contribution in [-0.2, 0) is 0 Å². The summed E-state index contributed by atoms with van der Waals surface area (Å²) in [5.41, 5.74) is 9.63. The lowest BCUT2D eigenvalue weighted by atomic mass is 9.89. The van der Waals surface area contributed by atoms with Crippen molar-refractivity contribution in [1.29, 1.82) is 0 Å². The summed E-state index contributed by atoms with van der Waals surface area (Å²) in [7, 11) is -2.21. The van der Waals surface area contributed by atoms with Gasteiger partial charge in [0.05, 0.1) is 5.69 Å². The number of anilines is 6. The lowest BCUT2D eigenvalue weighted by molar-refractivity contribution is 1.29. The lowest BCUT2D eigenvalue weighted by Crippen LogP contribution is -2.56. The number of hydrogen-bond donors (Lipinski definition) is 0. The summed E-state index contributed by atoms with van der Waals surface area (Å²) in [5, 5.41) is 15.8. The fourth-order valence-electron chi connectivity index (χ4n) is 10.3. The van der Waals surface area contributed by atoms with E-state index in [1.165, 1.54) is 86.7 Å². The molecule has 12 rings (SSSR count). The molecule has 0 amide bonds. The van der Waals surface area contributed by atoms with Crippen molar-refractivity contribution in [3.05, 3.63) is 218 Å². The Balaban J connectivity index is 1.10. The molecule has 0 bridgehead atoms. The predicted molar refractivity (Wildman–Crippen MR) is 266 cm³/mol. The van der Waals surface area contributed by atoms with Gasteiger partial charge in [-0.2, -0.15) is 0 Å². The molecule has 11 aromatic rings. The Kier molecular flexibility index (Phi) is 8.03. The molecule has 288 valence electrons. The zero-order valence-electron chi connectivity index (χ0n) is 34.2. The second kappa shape index (κ2) is 13.8. The smallest absolute Gasteiger partial charge is 0.113 e. The minimum Gasteiger partial charge on any atom is -0.311 e. The molecule has 0 unspecified atom stereocenters. The van der Waals surface area contributed by atoms with Crippen molar-refractivity contribution in [2.75, 3.05) is 9.80 Å². The van der Waals surface area contributed by atoms with E-state index in [1.54, 1.807) is 0 Å². The molecule has 1 heterocycles. The summed E-state index contributed by atoms with van der Waals surface area (Å²) < 4.78 is 0. The van der Waals surface area contributed by atoms with Crippen LogP contribution in [0.15, 0.2) is 218 Å². The SMILES string of the molecule is C[Si]1(C)c2cc(N(c3ccccc3)c3ccccc3)ccc2-c2cc3c4ccccc4c(N(c4ccccc4)c4ccc5c(ccc6ccccc65)c4)cc3c3cccc1c23. The van der Waals surface area contributed by atoms with Crippen LogP contribution in [0.4, 0.5) is 34.1 Å². The van der Waals surface area contributed by atoms with E-state index in [9.17, 15) is 0 Å². The van der Waals surface area contributed by atoms with Gasteiger partial charge < -0.3 is 9.80 Å². The lowest BCUT2D eigenvalue weighted by Gasteiger charge is -2.36. The van der Waals surface area contributed by atoms with Gasteiger partial charge in [0, 0.05) is 33.8 Å². The zero-order valence-corrected chi connectivity index (χ0v) is 35.2. The van der Waals surface area contributed by atoms with Crippen LogP contribution in [0.1, 0.15) is 0 Å². The van der Waals surface area contributed by atoms with Crippen LogP contribution in [0, 0.1) is 0 Å². The summed E-state index contributed by atoms with van der Waals surface area (Å²) in [6, 6.07) is 80.9. The third-order valence-corrected chi connectivity index (χ3v) is 16.7. The van der Waals surface area contributed by atoms with Gasteiger partial charge in [0.2, 0.25) is 0 Å². The minimum atomic E-state index is -2.21. The van der Waals surface area contributed by atoms with Crippen LogP contribution in [0.3, 0.4) is 0 Å². The molecule has 1 aliphatic heterocycles. The van der Waals surface area contributed by atoms with Gasteiger partial charge in [-0.15, -0.1) is 0 Å². The Hall–Kier alpha value is -7.46. The molecule has 0 aliphatic carbocycles. The molecule has 0 spiro atoms. The number of rotatable bonds is 6. The first kappa shape index (κ1) is 35.5. The van der Waals surface area contributed by atoms with E-state index >= 15 is 0 Å². The summed E-state index contributed by atoms with van der Waals surface area (Å²) in [4.78, 5) is 4.86. The van der Waals surface area contributed by atoms with Gasteiger partial charge in [0.25, 0.3) is 0 Å². The quantitative estimate of drug-likeness (QED) is 0.122. The van der Waals surface area contributed by atoms with Gasteiger partial charge in [-0.1, -0.05) is 159 Å². The molecule has 0 atom stereocenters. The van der Waals surface area contributed by atoms with Crippen LogP contribution in [0.25, 0.3) is 65.0 Å². The van der Waals surface area contributed by atoms with E-state index in [-0.39, 0.29) is 0 Å². The van der Waals surface area contributed by atoms with Crippen LogP contribution in [0.5, 0.6) is 0 Å². The second-order valence-corrected chi connectivity index (χ2v) is 21.2. The third kappa shape index (κ3) is 5.55. The molecule has 0 saturated heterocycles. The Morgan fingerprint density at radius 3 is 1.56 bits per heavy atom. The van der Waals surface area contributed by atoms with Gasteiger partial charge >= 0.3 is 0 Å². The minimum absolute atomic E-state index is 1.13. The molecule has 3 heteroatoms. The normalized spacial score (nSPS) is 12.9. The molecular formula is C58H42N2Si. The number of para-hydroxylation sites is 3. The first-order chi connectivity index (χ1) is 30.0. The molecular weight excluding hydrogens is 753 g/mol. The van der Waals surface area contributed by atoms with E-state index in [4.69, 9.17) is 0 Å². The summed E-state index contributed by atoms with van der Waals surface area (Å²) in [6.45, 7) is 5.08. The van der Waals surface area contributed by atoms with Gasteiger partial charge in [0.15, 0.2) is 0 Å². The van der Waals surface area contributed by atoms with Crippen LogP contribution < -0.4 is 20.2 Å². The summed E-state index contributed by atoms with van der Waals surface area (Å²) >= 11 is 0. The third-order valence-electron chi connectivity index (χ3n) is 13.1. The van der Waals surface area contributed by atoms with Gasteiger partial charge in [-0.25, -0.2) is 0 Å². The summed E-state index contributed by atoms with van der Waals surface area (Å²) in [5.74, 6) is 0. The molecule has 2 nitrogen and oxygen atoms in total. The maximum Gasteiger partial charge on any atom is 0.113 e. The molecule has 61 heavy (non-hydrogen) atoms. The standard InChI is InChI=1S/C58H42N2Si/c1-61(2)56-28-16-27-51-53-38-55(60(43-22-10-5-11-23-43)44-31-33-47-40(35-44)30-29-39-17-12-13-24-46(39)47)49-26-15-14-25-48(49)52(53)37-54(58(51)56)50-34-32-45(36-57(50)61)59(41-18-6-3-7-19-41)42-20-8-4-9-21-42/h3-38H,1-2H3. The van der Waals surface area contributed by atoms with Gasteiger partial charge in [-0.05, 0) is 143 Å². The van der Waals surface area contributed by atoms with E-state index in [0.29, 0.717) is 0 Å². The maximum atomic E-state index is 2.54. The van der Waals surface area contributed by atoms with Crippen molar-refractivity contribution in [2.45, 2.75) is 13.1 Å². The van der Waals surface area contributed by atoms with E-state index in [0.717, 1.165) is 22.7 Å². The fraction of sp³-hybridized carbons (Fsp3) is 0.0345. The highest BCUT2D eigenvalue weighted by Gasteiger charge is 2.37. The Bertz CT molecular complexity index is 3470. The fourth-order valence-corrected chi connectivity index (χ4v) is 13.4. The molecule has 0 fully saturated rings. The van der Waals surface area contributed by atoms with E-state index in [2.05, 4.69) is 241 Å². The van der Waals surface area contributed by atoms with Crippen molar-refractivity contribution in [3.63, 3.8) is 0 Å². The van der Waals surface area contributed by atoms with E-state index in [1.807, 2.05) is 0 Å². The number of benzene rings is 11. The highest BCUT2D eigenvalue weighted by Crippen LogP contribution is 2.47. The molecule has 1 aliphatic rings. The van der Waals surface area contributed by atoms with Crippen molar-refractivity contribution in [2.24, 2.45) is 0 Å². The average molecular weight is 795 g/mol. The first-order valence-electron chi connectivity index (χ1n) is 21.3. The van der Waals surface area contributed by atoms with Crippen molar-refractivity contribution in [3.8, 4) is 11.1 Å². The topological polar surface area (TPSA) is 6.48 Å². The highest BCUT2D eigenvalue weighted by atomic mass is 28.3. The number of nitrogens with zero attached hydrogens (tertiary/aromatic N) is 2. The van der Waals surface area contributed by atoms with Crippen LogP contribution in [-0.4, -0.2) is 8.07 Å². The van der Waals surface area contributed by atoms with Crippen molar-refractivity contribution in [1.82, 2.24) is 0 Å². The Morgan fingerprint density at radius 2 is 0.836 bits per heavy atom. The summed E-state index contributed by atoms with van der Waals surface area (Å²) in [6.07, 6.45) is 0. The average Bonchev–Trinajstić information content (AvgIpc) is 3.32. The van der Waals surface area contributed by atoms with Crippen molar-refractivity contribution >= 4 is 106 Å². The second-order valence-electron chi connectivity index (χ2n) is 16.9. The molecule has 11 aromatic carbocycles. The first-order valence-corrected chi connectivity index (χ1v) is 24.3. The monoisotopic (exact) mass is 794 g/mol. The Labute approximate surface area is 357 Å². The van der Waals surface area contributed by atoms with Gasteiger partial charge in [0.1, 0.15) is 8.07 Å². The Morgan fingerprint density at radius 1 is 0.295 bits per heavy atom. The number of hydrogen-bond acceptors (Lipinski definition) is 2. The van der Waals surface area contributed by atoms with E-state index < -0.39 is 8.07 Å².